The highest BCUT2D eigenvalue weighted by molar-refractivity contribution is 5.95. The standard InChI is InChI=1S/C20H21N3O4/c1-14-10-17(15(2)27-14)19(24)21-8-9-23(11-16-6-4-3-5-7-16)20(25)18-12-26-13-22-18/h3-7,10,12-13H,8-9,11H2,1-2H3,(H,21,24). The molecule has 0 spiro atoms. The molecular formula is C20H21N3O4. The molecule has 2 aromatic heterocycles. The fourth-order valence-electron chi connectivity index (χ4n) is 2.79. The van der Waals surface area contributed by atoms with Gasteiger partial charge in [0.05, 0.1) is 5.56 Å². The Morgan fingerprint density at radius 3 is 2.59 bits per heavy atom. The topological polar surface area (TPSA) is 88.6 Å². The Bertz CT molecular complexity index is 901. The minimum Gasteiger partial charge on any atom is -0.466 e. The van der Waals surface area contributed by atoms with E-state index < -0.39 is 0 Å². The number of hydrogen-bond acceptors (Lipinski definition) is 5. The van der Waals surface area contributed by atoms with Crippen LogP contribution in [0.5, 0.6) is 0 Å². The molecule has 0 bridgehead atoms. The van der Waals surface area contributed by atoms with Gasteiger partial charge in [-0.3, -0.25) is 9.59 Å². The van der Waals surface area contributed by atoms with Gasteiger partial charge >= 0.3 is 0 Å². The molecule has 0 atom stereocenters. The van der Waals surface area contributed by atoms with E-state index in [1.807, 2.05) is 30.3 Å². The monoisotopic (exact) mass is 367 g/mol. The number of nitrogens with one attached hydrogen (secondary N) is 1. The van der Waals surface area contributed by atoms with Crippen LogP contribution in [0, 0.1) is 13.8 Å². The van der Waals surface area contributed by atoms with Crippen molar-refractivity contribution in [1.29, 1.82) is 0 Å². The molecule has 0 unspecified atom stereocenters. The molecule has 27 heavy (non-hydrogen) atoms. The molecule has 2 heterocycles. The second-order valence-corrected chi connectivity index (χ2v) is 6.17. The van der Waals surface area contributed by atoms with E-state index >= 15 is 0 Å². The van der Waals surface area contributed by atoms with Gasteiger partial charge in [0.25, 0.3) is 11.8 Å². The van der Waals surface area contributed by atoms with E-state index in [4.69, 9.17) is 8.83 Å². The van der Waals surface area contributed by atoms with Gasteiger partial charge in [0.2, 0.25) is 0 Å². The van der Waals surface area contributed by atoms with E-state index in [9.17, 15) is 9.59 Å². The number of nitrogens with zero attached hydrogens (tertiary/aromatic N) is 2. The number of rotatable bonds is 7. The molecule has 0 aliphatic carbocycles. The quantitative estimate of drug-likeness (QED) is 0.693. The maximum Gasteiger partial charge on any atom is 0.276 e. The number of aromatic nitrogens is 1. The number of amides is 2. The van der Waals surface area contributed by atoms with Gasteiger partial charge in [-0.25, -0.2) is 4.98 Å². The number of carbonyl (C=O) groups excluding carboxylic acids is 2. The summed E-state index contributed by atoms with van der Waals surface area (Å²) < 4.78 is 10.3. The van der Waals surface area contributed by atoms with Gasteiger partial charge in [0, 0.05) is 19.6 Å². The van der Waals surface area contributed by atoms with Crippen molar-refractivity contribution >= 4 is 11.8 Å². The lowest BCUT2D eigenvalue weighted by Crippen LogP contribution is -2.38. The smallest absolute Gasteiger partial charge is 0.276 e. The van der Waals surface area contributed by atoms with Crippen molar-refractivity contribution < 1.29 is 18.4 Å². The van der Waals surface area contributed by atoms with Crippen LogP contribution in [0.2, 0.25) is 0 Å². The fourth-order valence-corrected chi connectivity index (χ4v) is 2.79. The highest BCUT2D eigenvalue weighted by Crippen LogP contribution is 2.13. The summed E-state index contributed by atoms with van der Waals surface area (Å²) in [6.07, 6.45) is 2.54. The fraction of sp³-hybridized carbons (Fsp3) is 0.250. The molecule has 7 nitrogen and oxygen atoms in total. The molecule has 3 rings (SSSR count). The Kier molecular flexibility index (Phi) is 5.71. The zero-order chi connectivity index (χ0) is 19.2. The minimum absolute atomic E-state index is 0.224. The molecule has 140 valence electrons. The number of furan rings is 1. The van der Waals surface area contributed by atoms with Gasteiger partial charge < -0.3 is 19.1 Å². The molecular weight excluding hydrogens is 346 g/mol. The summed E-state index contributed by atoms with van der Waals surface area (Å²) in [5.41, 5.74) is 1.73. The van der Waals surface area contributed by atoms with Crippen molar-refractivity contribution in [2.24, 2.45) is 0 Å². The Labute approximate surface area is 157 Å². The summed E-state index contributed by atoms with van der Waals surface area (Å²) in [6.45, 7) is 4.59. The molecule has 0 fully saturated rings. The third kappa shape index (κ3) is 4.63. The van der Waals surface area contributed by atoms with E-state index in [1.54, 1.807) is 24.8 Å². The molecule has 0 saturated carbocycles. The van der Waals surface area contributed by atoms with Crippen LogP contribution in [0.1, 0.15) is 37.9 Å². The van der Waals surface area contributed by atoms with Crippen LogP contribution in [-0.4, -0.2) is 34.8 Å². The zero-order valence-corrected chi connectivity index (χ0v) is 15.3. The second-order valence-electron chi connectivity index (χ2n) is 6.17. The maximum absolute atomic E-state index is 12.7. The Morgan fingerprint density at radius 1 is 1.19 bits per heavy atom. The molecule has 0 saturated heterocycles. The predicted octanol–water partition coefficient (Wildman–Crippen LogP) is 2.96. The number of carbonyl (C=O) groups is 2. The predicted molar refractivity (Wildman–Crippen MR) is 98.2 cm³/mol. The number of hydrogen-bond donors (Lipinski definition) is 1. The lowest BCUT2D eigenvalue weighted by Gasteiger charge is -2.22. The summed E-state index contributed by atoms with van der Waals surface area (Å²) in [6, 6.07) is 11.3. The number of oxazole rings is 1. The van der Waals surface area contributed by atoms with Crippen LogP contribution in [0.3, 0.4) is 0 Å². The molecule has 1 aromatic carbocycles. The van der Waals surface area contributed by atoms with Crippen molar-refractivity contribution in [3.05, 3.63) is 77.4 Å². The van der Waals surface area contributed by atoms with Gasteiger partial charge in [-0.05, 0) is 25.5 Å². The van der Waals surface area contributed by atoms with Crippen LogP contribution in [-0.2, 0) is 6.54 Å². The van der Waals surface area contributed by atoms with Crippen LogP contribution in [0.4, 0.5) is 0 Å². The van der Waals surface area contributed by atoms with Crippen molar-refractivity contribution in [3.8, 4) is 0 Å². The number of aryl methyl sites for hydroxylation is 2. The Morgan fingerprint density at radius 2 is 1.96 bits per heavy atom. The first-order valence-corrected chi connectivity index (χ1v) is 8.61. The van der Waals surface area contributed by atoms with Gasteiger partial charge in [-0.15, -0.1) is 0 Å². The van der Waals surface area contributed by atoms with Crippen molar-refractivity contribution in [1.82, 2.24) is 15.2 Å². The van der Waals surface area contributed by atoms with E-state index in [0.29, 0.717) is 36.7 Å². The van der Waals surface area contributed by atoms with Gasteiger partial charge in [-0.1, -0.05) is 30.3 Å². The molecule has 0 radical (unpaired) electrons. The molecule has 1 N–H and O–H groups in total. The first-order valence-electron chi connectivity index (χ1n) is 8.61. The van der Waals surface area contributed by atoms with E-state index in [2.05, 4.69) is 10.3 Å². The van der Waals surface area contributed by atoms with Gasteiger partial charge in [0.1, 0.15) is 17.8 Å². The average molecular weight is 367 g/mol. The van der Waals surface area contributed by atoms with Crippen LogP contribution in [0.15, 0.2) is 57.9 Å². The zero-order valence-electron chi connectivity index (χ0n) is 15.3. The molecule has 0 aliphatic heterocycles. The Balaban J connectivity index is 1.65. The van der Waals surface area contributed by atoms with E-state index in [-0.39, 0.29) is 17.5 Å². The van der Waals surface area contributed by atoms with Crippen LogP contribution in [0.25, 0.3) is 0 Å². The van der Waals surface area contributed by atoms with Crippen LogP contribution >= 0.6 is 0 Å². The summed E-state index contributed by atoms with van der Waals surface area (Å²) in [5.74, 6) is 0.782. The third-order valence-corrected chi connectivity index (χ3v) is 4.11. The minimum atomic E-state index is -0.253. The first kappa shape index (κ1) is 18.4. The first-order chi connectivity index (χ1) is 13.0. The van der Waals surface area contributed by atoms with E-state index in [0.717, 1.165) is 5.56 Å². The average Bonchev–Trinajstić information content (AvgIpc) is 3.30. The summed E-state index contributed by atoms with van der Waals surface area (Å²) in [4.78, 5) is 30.6. The molecule has 0 aliphatic rings. The van der Waals surface area contributed by atoms with E-state index in [1.165, 1.54) is 12.7 Å². The van der Waals surface area contributed by atoms with Crippen molar-refractivity contribution in [3.63, 3.8) is 0 Å². The largest absolute Gasteiger partial charge is 0.466 e. The normalized spacial score (nSPS) is 10.6. The molecule has 7 heteroatoms. The lowest BCUT2D eigenvalue weighted by molar-refractivity contribution is 0.0730. The highest BCUT2D eigenvalue weighted by Gasteiger charge is 2.19. The van der Waals surface area contributed by atoms with Crippen molar-refractivity contribution in [2.45, 2.75) is 20.4 Å². The molecule has 3 aromatic rings. The summed E-state index contributed by atoms with van der Waals surface area (Å²) in [5, 5.41) is 2.83. The van der Waals surface area contributed by atoms with Crippen LogP contribution < -0.4 is 5.32 Å². The lowest BCUT2D eigenvalue weighted by atomic mass is 10.2. The SMILES string of the molecule is Cc1cc(C(=O)NCCN(Cc2ccccc2)C(=O)c2cocn2)c(C)o1. The van der Waals surface area contributed by atoms with Crippen molar-refractivity contribution in [2.75, 3.05) is 13.1 Å². The Hall–Kier alpha value is -3.35. The molecule has 2 amide bonds. The number of benzene rings is 1. The summed E-state index contributed by atoms with van der Waals surface area (Å²) in [7, 11) is 0. The van der Waals surface area contributed by atoms with Gasteiger partial charge in [0.15, 0.2) is 12.1 Å². The maximum atomic E-state index is 12.7. The highest BCUT2D eigenvalue weighted by atomic mass is 16.3. The van der Waals surface area contributed by atoms with Gasteiger partial charge in [-0.2, -0.15) is 0 Å². The third-order valence-electron chi connectivity index (χ3n) is 4.11. The summed E-state index contributed by atoms with van der Waals surface area (Å²) >= 11 is 0. The second kappa shape index (κ2) is 8.35.